The maximum absolute atomic E-state index is 8.50. The first kappa shape index (κ1) is 8.09. The van der Waals surface area contributed by atoms with Crippen LogP contribution >= 0.6 is 11.6 Å². The quantitative estimate of drug-likeness (QED) is 0.599. The minimum absolute atomic E-state index is 0.580. The number of alkyl halides is 1. The van der Waals surface area contributed by atoms with Crippen LogP contribution < -0.4 is 0 Å². The third kappa shape index (κ3) is 1.52. The third-order valence-corrected chi connectivity index (χ3v) is 1.77. The Bertz CT molecular complexity index is 297. The number of aryl methyl sites for hydroxylation is 2. The van der Waals surface area contributed by atoms with Crippen molar-refractivity contribution < 1.29 is 0 Å². The summed E-state index contributed by atoms with van der Waals surface area (Å²) < 4.78 is 1.65. The molecule has 0 N–H and O–H groups in total. The van der Waals surface area contributed by atoms with E-state index < -0.39 is 5.38 Å². The number of hydrogen-bond acceptors (Lipinski definition) is 2. The van der Waals surface area contributed by atoms with Crippen LogP contribution in [0.5, 0.6) is 0 Å². The van der Waals surface area contributed by atoms with E-state index in [4.69, 9.17) is 16.9 Å². The molecule has 1 aromatic heterocycles. The Morgan fingerprint density at radius 2 is 2.45 bits per heavy atom. The Morgan fingerprint density at radius 3 is 2.82 bits per heavy atom. The summed E-state index contributed by atoms with van der Waals surface area (Å²) in [6, 6.07) is 1.95. The van der Waals surface area contributed by atoms with Crippen LogP contribution in [-0.2, 0) is 7.05 Å². The number of rotatable bonds is 1. The fourth-order valence-corrected chi connectivity index (χ4v) is 1.15. The molecule has 0 fully saturated rings. The molecule has 4 heteroatoms. The number of halogens is 1. The van der Waals surface area contributed by atoms with Crippen molar-refractivity contribution in [2.75, 3.05) is 0 Å². The number of aromatic nitrogens is 2. The van der Waals surface area contributed by atoms with Gasteiger partial charge < -0.3 is 0 Å². The van der Waals surface area contributed by atoms with E-state index in [2.05, 4.69) is 5.10 Å². The molecule has 11 heavy (non-hydrogen) atoms. The first-order chi connectivity index (χ1) is 5.15. The average Bonchev–Trinajstić information content (AvgIpc) is 2.28. The van der Waals surface area contributed by atoms with Crippen molar-refractivity contribution in [3.05, 3.63) is 17.5 Å². The van der Waals surface area contributed by atoms with Gasteiger partial charge in [-0.05, 0) is 6.92 Å². The summed E-state index contributed by atoms with van der Waals surface area (Å²) >= 11 is 5.69. The van der Waals surface area contributed by atoms with Gasteiger partial charge in [0.25, 0.3) is 0 Å². The lowest BCUT2D eigenvalue weighted by Crippen LogP contribution is -1.86. The van der Waals surface area contributed by atoms with Gasteiger partial charge in [-0.25, -0.2) is 0 Å². The van der Waals surface area contributed by atoms with Crippen molar-refractivity contribution in [2.24, 2.45) is 7.05 Å². The fourth-order valence-electron chi connectivity index (χ4n) is 0.936. The average molecular weight is 170 g/mol. The highest BCUT2D eigenvalue weighted by Gasteiger charge is 2.11. The first-order valence-corrected chi connectivity index (χ1v) is 3.62. The Kier molecular flexibility index (Phi) is 2.16. The van der Waals surface area contributed by atoms with E-state index in [0.717, 1.165) is 11.3 Å². The molecule has 1 rings (SSSR count). The summed E-state index contributed by atoms with van der Waals surface area (Å²) in [5.74, 6) is 0. The predicted molar refractivity (Wildman–Crippen MR) is 42.2 cm³/mol. The Morgan fingerprint density at radius 1 is 1.82 bits per heavy atom. The molecule has 0 aliphatic heterocycles. The van der Waals surface area contributed by atoms with Crippen molar-refractivity contribution in [1.82, 2.24) is 9.78 Å². The SMILES string of the molecule is Cc1nn(C)cc1C(Cl)C#N. The van der Waals surface area contributed by atoms with Gasteiger partial charge in [-0.1, -0.05) is 0 Å². The van der Waals surface area contributed by atoms with Gasteiger partial charge in [-0.15, -0.1) is 11.6 Å². The van der Waals surface area contributed by atoms with Crippen molar-refractivity contribution >= 4 is 11.6 Å². The second-order valence-electron chi connectivity index (χ2n) is 2.34. The van der Waals surface area contributed by atoms with Crippen molar-refractivity contribution in [3.63, 3.8) is 0 Å². The highest BCUT2D eigenvalue weighted by Crippen LogP contribution is 2.21. The largest absolute Gasteiger partial charge is 0.275 e. The van der Waals surface area contributed by atoms with Crippen LogP contribution in [0.2, 0.25) is 0 Å². The zero-order chi connectivity index (χ0) is 8.43. The van der Waals surface area contributed by atoms with Gasteiger partial charge in [0.05, 0.1) is 11.8 Å². The van der Waals surface area contributed by atoms with Gasteiger partial charge in [-0.2, -0.15) is 10.4 Å². The van der Waals surface area contributed by atoms with Crippen LogP contribution in [0, 0.1) is 18.3 Å². The molecule has 0 saturated carbocycles. The van der Waals surface area contributed by atoms with Gasteiger partial charge in [0.15, 0.2) is 0 Å². The molecule has 0 aliphatic rings. The Balaban J connectivity index is 3.05. The van der Waals surface area contributed by atoms with Crippen LogP contribution in [-0.4, -0.2) is 9.78 Å². The molecule has 1 unspecified atom stereocenters. The maximum atomic E-state index is 8.50. The van der Waals surface area contributed by atoms with Crippen molar-refractivity contribution in [3.8, 4) is 6.07 Å². The molecule has 0 amide bonds. The molecule has 0 saturated heterocycles. The molecule has 0 aromatic carbocycles. The van der Waals surface area contributed by atoms with Gasteiger partial charge in [0.1, 0.15) is 5.38 Å². The van der Waals surface area contributed by atoms with E-state index in [9.17, 15) is 0 Å². The van der Waals surface area contributed by atoms with E-state index in [0.29, 0.717) is 0 Å². The first-order valence-electron chi connectivity index (χ1n) is 3.19. The molecular weight excluding hydrogens is 162 g/mol. The zero-order valence-electron chi connectivity index (χ0n) is 6.37. The molecule has 0 radical (unpaired) electrons. The van der Waals surface area contributed by atoms with Crippen LogP contribution in [0.25, 0.3) is 0 Å². The number of nitrogens with zero attached hydrogens (tertiary/aromatic N) is 3. The van der Waals surface area contributed by atoms with E-state index in [-0.39, 0.29) is 0 Å². The Labute approximate surface area is 70.2 Å². The minimum atomic E-state index is -0.580. The van der Waals surface area contributed by atoms with E-state index in [1.807, 2.05) is 13.0 Å². The molecule has 1 atom stereocenters. The van der Waals surface area contributed by atoms with Crippen LogP contribution in [0.15, 0.2) is 6.20 Å². The summed E-state index contributed by atoms with van der Waals surface area (Å²) in [6.07, 6.45) is 1.76. The standard InChI is InChI=1S/C7H8ClN3/c1-5-6(7(8)3-9)4-11(2)10-5/h4,7H,1-2H3. The molecule has 1 heterocycles. The Hall–Kier alpha value is -1.01. The summed E-state index contributed by atoms with van der Waals surface area (Å²) in [5.41, 5.74) is 1.60. The summed E-state index contributed by atoms with van der Waals surface area (Å²) in [5, 5.41) is 12.0. The monoisotopic (exact) mass is 169 g/mol. The molecule has 1 aromatic rings. The molecule has 3 nitrogen and oxygen atoms in total. The summed E-state index contributed by atoms with van der Waals surface area (Å²) in [4.78, 5) is 0. The minimum Gasteiger partial charge on any atom is -0.275 e. The lowest BCUT2D eigenvalue weighted by molar-refractivity contribution is 0.756. The highest BCUT2D eigenvalue weighted by molar-refractivity contribution is 6.22. The lowest BCUT2D eigenvalue weighted by Gasteiger charge is -1.94. The normalized spacial score (nSPS) is 12.5. The fraction of sp³-hybridized carbons (Fsp3) is 0.429. The van der Waals surface area contributed by atoms with Crippen LogP contribution in [0.3, 0.4) is 0 Å². The van der Waals surface area contributed by atoms with Gasteiger partial charge in [0.2, 0.25) is 0 Å². The maximum Gasteiger partial charge on any atom is 0.148 e. The third-order valence-electron chi connectivity index (χ3n) is 1.44. The molecule has 0 bridgehead atoms. The van der Waals surface area contributed by atoms with E-state index >= 15 is 0 Å². The van der Waals surface area contributed by atoms with Gasteiger partial charge in [0, 0.05) is 18.8 Å². The predicted octanol–water partition coefficient (Wildman–Crippen LogP) is 1.53. The molecule has 58 valence electrons. The smallest absolute Gasteiger partial charge is 0.148 e. The van der Waals surface area contributed by atoms with Crippen LogP contribution in [0.4, 0.5) is 0 Å². The van der Waals surface area contributed by atoms with Gasteiger partial charge in [-0.3, -0.25) is 4.68 Å². The number of hydrogen-bond donors (Lipinski definition) is 0. The number of nitriles is 1. The summed E-state index contributed by atoms with van der Waals surface area (Å²) in [6.45, 7) is 1.84. The highest BCUT2D eigenvalue weighted by atomic mass is 35.5. The molecule has 0 spiro atoms. The lowest BCUT2D eigenvalue weighted by atomic mass is 10.2. The van der Waals surface area contributed by atoms with E-state index in [1.54, 1.807) is 17.9 Å². The summed E-state index contributed by atoms with van der Waals surface area (Å²) in [7, 11) is 1.80. The van der Waals surface area contributed by atoms with Gasteiger partial charge >= 0.3 is 0 Å². The van der Waals surface area contributed by atoms with E-state index in [1.165, 1.54) is 0 Å². The topological polar surface area (TPSA) is 41.6 Å². The van der Waals surface area contributed by atoms with Crippen LogP contribution in [0.1, 0.15) is 16.6 Å². The zero-order valence-corrected chi connectivity index (χ0v) is 7.13. The van der Waals surface area contributed by atoms with Crippen molar-refractivity contribution in [1.29, 1.82) is 5.26 Å². The molecule has 0 aliphatic carbocycles. The second kappa shape index (κ2) is 2.93. The van der Waals surface area contributed by atoms with Crippen molar-refractivity contribution in [2.45, 2.75) is 12.3 Å². The second-order valence-corrected chi connectivity index (χ2v) is 2.77. The molecular formula is C7H8ClN3.